The van der Waals surface area contributed by atoms with Gasteiger partial charge in [-0.25, -0.2) is 4.39 Å². The molecule has 22 heavy (non-hydrogen) atoms. The van der Waals surface area contributed by atoms with Gasteiger partial charge in [0.05, 0.1) is 6.54 Å². The molecular formula is C18H21FN2O. The quantitative estimate of drug-likeness (QED) is 0.860. The second-order valence-electron chi connectivity index (χ2n) is 5.34. The Hall–Kier alpha value is -2.36. The van der Waals surface area contributed by atoms with Crippen molar-refractivity contribution in [2.75, 3.05) is 18.4 Å². The molecule has 116 valence electrons. The summed E-state index contributed by atoms with van der Waals surface area (Å²) in [5.41, 5.74) is 3.95. The molecule has 2 rings (SSSR count). The summed E-state index contributed by atoms with van der Waals surface area (Å²) in [6, 6.07) is 12.6. The van der Waals surface area contributed by atoms with E-state index in [4.69, 9.17) is 0 Å². The van der Waals surface area contributed by atoms with Gasteiger partial charge in [-0.3, -0.25) is 4.79 Å². The fraction of sp³-hybridized carbons (Fsp3) is 0.278. The summed E-state index contributed by atoms with van der Waals surface area (Å²) in [6.45, 7) is 4.72. The Morgan fingerprint density at radius 2 is 1.86 bits per heavy atom. The molecule has 0 heterocycles. The molecule has 1 amide bonds. The number of amides is 1. The predicted molar refractivity (Wildman–Crippen MR) is 87.5 cm³/mol. The van der Waals surface area contributed by atoms with Gasteiger partial charge < -0.3 is 10.6 Å². The van der Waals surface area contributed by atoms with E-state index in [1.165, 1.54) is 17.2 Å². The summed E-state index contributed by atoms with van der Waals surface area (Å²) >= 11 is 0. The maximum atomic E-state index is 13.4. The molecule has 0 aliphatic rings. The zero-order valence-corrected chi connectivity index (χ0v) is 12.9. The van der Waals surface area contributed by atoms with Gasteiger partial charge in [0.15, 0.2) is 0 Å². The second-order valence-corrected chi connectivity index (χ2v) is 5.34. The van der Waals surface area contributed by atoms with E-state index < -0.39 is 0 Å². The SMILES string of the molecule is Cc1ccc(NCC(=O)NCCc2ccccc2F)cc1C. The zero-order valence-electron chi connectivity index (χ0n) is 12.9. The first-order chi connectivity index (χ1) is 10.6. The van der Waals surface area contributed by atoms with E-state index in [2.05, 4.69) is 17.6 Å². The van der Waals surface area contributed by atoms with Gasteiger partial charge >= 0.3 is 0 Å². The number of benzene rings is 2. The Kier molecular flexibility index (Phi) is 5.53. The number of hydrogen-bond acceptors (Lipinski definition) is 2. The number of nitrogens with one attached hydrogen (secondary N) is 2. The summed E-state index contributed by atoms with van der Waals surface area (Å²) in [5.74, 6) is -0.334. The highest BCUT2D eigenvalue weighted by molar-refractivity contribution is 5.80. The van der Waals surface area contributed by atoms with Crippen molar-refractivity contribution in [1.82, 2.24) is 5.32 Å². The van der Waals surface area contributed by atoms with Crippen LogP contribution in [0.4, 0.5) is 10.1 Å². The highest BCUT2D eigenvalue weighted by Crippen LogP contribution is 2.13. The minimum atomic E-state index is -0.231. The van der Waals surface area contributed by atoms with Crippen LogP contribution < -0.4 is 10.6 Å². The van der Waals surface area contributed by atoms with Gasteiger partial charge in [0.1, 0.15) is 5.82 Å². The molecular weight excluding hydrogens is 279 g/mol. The molecule has 0 aliphatic carbocycles. The summed E-state index contributed by atoms with van der Waals surface area (Å²) in [4.78, 5) is 11.8. The lowest BCUT2D eigenvalue weighted by atomic mass is 10.1. The Morgan fingerprint density at radius 3 is 2.59 bits per heavy atom. The molecule has 4 heteroatoms. The molecule has 0 saturated heterocycles. The molecule has 0 aromatic heterocycles. The molecule has 2 N–H and O–H groups in total. The third-order valence-electron chi connectivity index (χ3n) is 3.63. The van der Waals surface area contributed by atoms with Crippen molar-refractivity contribution < 1.29 is 9.18 Å². The average molecular weight is 300 g/mol. The van der Waals surface area contributed by atoms with E-state index in [0.29, 0.717) is 18.5 Å². The molecule has 2 aromatic rings. The largest absolute Gasteiger partial charge is 0.376 e. The zero-order chi connectivity index (χ0) is 15.9. The number of hydrogen-bond donors (Lipinski definition) is 2. The Balaban J connectivity index is 1.74. The number of aryl methyl sites for hydroxylation is 2. The van der Waals surface area contributed by atoms with Crippen LogP contribution in [0.3, 0.4) is 0 Å². The van der Waals surface area contributed by atoms with Crippen molar-refractivity contribution in [2.24, 2.45) is 0 Å². The lowest BCUT2D eigenvalue weighted by Crippen LogP contribution is -2.31. The van der Waals surface area contributed by atoms with Crippen molar-refractivity contribution in [3.63, 3.8) is 0 Å². The van der Waals surface area contributed by atoms with Gasteiger partial charge in [-0.15, -0.1) is 0 Å². The summed E-state index contributed by atoms with van der Waals surface area (Å²) in [5, 5.41) is 5.87. The van der Waals surface area contributed by atoms with Gasteiger partial charge in [0, 0.05) is 12.2 Å². The monoisotopic (exact) mass is 300 g/mol. The molecule has 3 nitrogen and oxygen atoms in total. The fourth-order valence-electron chi connectivity index (χ4n) is 2.13. The van der Waals surface area contributed by atoms with Gasteiger partial charge in [0.25, 0.3) is 0 Å². The van der Waals surface area contributed by atoms with Crippen LogP contribution in [0.15, 0.2) is 42.5 Å². The van der Waals surface area contributed by atoms with E-state index in [0.717, 1.165) is 5.69 Å². The molecule has 0 unspecified atom stereocenters. The molecule has 0 spiro atoms. The van der Waals surface area contributed by atoms with E-state index in [1.54, 1.807) is 18.2 Å². The molecule has 0 bridgehead atoms. The van der Waals surface area contributed by atoms with Crippen molar-refractivity contribution in [2.45, 2.75) is 20.3 Å². The average Bonchev–Trinajstić information content (AvgIpc) is 2.50. The second kappa shape index (κ2) is 7.59. The summed E-state index contributed by atoms with van der Waals surface area (Å²) in [6.07, 6.45) is 0.488. The fourth-order valence-corrected chi connectivity index (χ4v) is 2.13. The van der Waals surface area contributed by atoms with Crippen LogP contribution in [0, 0.1) is 19.7 Å². The number of rotatable bonds is 6. The summed E-state index contributed by atoms with van der Waals surface area (Å²) < 4.78 is 13.4. The molecule has 0 saturated carbocycles. The first-order valence-corrected chi connectivity index (χ1v) is 7.37. The lowest BCUT2D eigenvalue weighted by Gasteiger charge is -2.09. The first-order valence-electron chi connectivity index (χ1n) is 7.37. The Morgan fingerprint density at radius 1 is 1.09 bits per heavy atom. The smallest absolute Gasteiger partial charge is 0.239 e. The Bertz CT molecular complexity index is 655. The van der Waals surface area contributed by atoms with Crippen LogP contribution in [-0.2, 0) is 11.2 Å². The predicted octanol–water partition coefficient (Wildman–Crippen LogP) is 3.21. The minimum absolute atomic E-state index is 0.102. The van der Waals surface area contributed by atoms with Gasteiger partial charge in [-0.1, -0.05) is 24.3 Å². The molecule has 2 aromatic carbocycles. The third-order valence-corrected chi connectivity index (χ3v) is 3.63. The number of anilines is 1. The van der Waals surface area contributed by atoms with Crippen LogP contribution in [0.5, 0.6) is 0 Å². The lowest BCUT2D eigenvalue weighted by molar-refractivity contribution is -0.119. The number of halogens is 1. The topological polar surface area (TPSA) is 41.1 Å². The molecule has 0 atom stereocenters. The first kappa shape index (κ1) is 16.0. The molecule has 0 aliphatic heterocycles. The van der Waals surface area contributed by atoms with Crippen LogP contribution in [-0.4, -0.2) is 19.0 Å². The normalized spacial score (nSPS) is 10.3. The van der Waals surface area contributed by atoms with E-state index in [-0.39, 0.29) is 18.3 Å². The maximum Gasteiger partial charge on any atom is 0.239 e. The van der Waals surface area contributed by atoms with E-state index in [9.17, 15) is 9.18 Å². The van der Waals surface area contributed by atoms with Crippen LogP contribution in [0.1, 0.15) is 16.7 Å². The Labute approximate surface area is 130 Å². The van der Waals surface area contributed by atoms with E-state index in [1.807, 2.05) is 25.1 Å². The van der Waals surface area contributed by atoms with Crippen LogP contribution in [0.2, 0.25) is 0 Å². The van der Waals surface area contributed by atoms with E-state index >= 15 is 0 Å². The standard InChI is InChI=1S/C18H21FN2O/c1-13-7-8-16(11-14(13)2)21-12-18(22)20-10-9-15-5-3-4-6-17(15)19/h3-8,11,21H,9-10,12H2,1-2H3,(H,20,22). The highest BCUT2D eigenvalue weighted by Gasteiger charge is 2.04. The van der Waals surface area contributed by atoms with Crippen LogP contribution >= 0.6 is 0 Å². The highest BCUT2D eigenvalue weighted by atomic mass is 19.1. The van der Waals surface area contributed by atoms with Crippen molar-refractivity contribution >= 4 is 11.6 Å². The molecule has 0 radical (unpaired) electrons. The van der Waals surface area contributed by atoms with Crippen molar-refractivity contribution in [3.8, 4) is 0 Å². The maximum absolute atomic E-state index is 13.4. The third kappa shape index (κ3) is 4.58. The van der Waals surface area contributed by atoms with Gasteiger partial charge in [0.2, 0.25) is 5.91 Å². The van der Waals surface area contributed by atoms with Crippen molar-refractivity contribution in [1.29, 1.82) is 0 Å². The number of carbonyl (C=O) groups is 1. The number of carbonyl (C=O) groups excluding carboxylic acids is 1. The molecule has 0 fully saturated rings. The summed E-state index contributed by atoms with van der Waals surface area (Å²) in [7, 11) is 0. The van der Waals surface area contributed by atoms with Gasteiger partial charge in [-0.2, -0.15) is 0 Å². The van der Waals surface area contributed by atoms with Crippen LogP contribution in [0.25, 0.3) is 0 Å². The van der Waals surface area contributed by atoms with Crippen molar-refractivity contribution in [3.05, 3.63) is 65.0 Å². The van der Waals surface area contributed by atoms with Gasteiger partial charge in [-0.05, 0) is 55.2 Å². The minimum Gasteiger partial charge on any atom is -0.376 e.